The summed E-state index contributed by atoms with van der Waals surface area (Å²) in [5.41, 5.74) is 10.8. The highest BCUT2D eigenvalue weighted by molar-refractivity contribution is 7.98. The molecule has 31 heavy (non-hydrogen) atoms. The molecule has 0 saturated carbocycles. The van der Waals surface area contributed by atoms with Crippen molar-refractivity contribution in [1.29, 1.82) is 0 Å². The molecule has 0 saturated heterocycles. The molecule has 4 amide bonds. The Morgan fingerprint density at radius 2 is 1.45 bits per heavy atom. The highest BCUT2D eigenvalue weighted by Crippen LogP contribution is 2.05. The lowest BCUT2D eigenvalue weighted by Gasteiger charge is -2.25. The van der Waals surface area contributed by atoms with Crippen LogP contribution >= 0.6 is 24.4 Å². The topological polar surface area (TPSA) is 194 Å². The van der Waals surface area contributed by atoms with Crippen molar-refractivity contribution in [2.75, 3.05) is 17.8 Å². The molecular formula is C18H33N5O6S2. The number of hydrogen-bond donors (Lipinski definition) is 7. The first-order valence-corrected chi connectivity index (χ1v) is 11.7. The minimum absolute atomic E-state index is 0.117. The molecule has 0 heterocycles. The second kappa shape index (κ2) is 14.9. The van der Waals surface area contributed by atoms with Gasteiger partial charge in [0.05, 0.1) is 6.04 Å². The molecule has 0 aromatic heterocycles. The third kappa shape index (κ3) is 11.3. The number of carbonyl (C=O) groups excluding carboxylic acids is 4. The van der Waals surface area contributed by atoms with Gasteiger partial charge in [-0.25, -0.2) is 4.79 Å². The molecule has 0 fully saturated rings. The monoisotopic (exact) mass is 479 g/mol. The van der Waals surface area contributed by atoms with Gasteiger partial charge in [0.1, 0.15) is 18.1 Å². The van der Waals surface area contributed by atoms with Gasteiger partial charge in [0, 0.05) is 12.2 Å². The SMILES string of the molecule is CSCCC(NC(=O)C(N)C(C)C)C(=O)NC(CS)C(=O)NC(CCC(N)=O)C(=O)O. The standard InChI is InChI=1S/C18H33N5O6S2/c1-9(2)14(20)17(27)21-10(6-7-31-3)15(25)23-12(8-30)16(26)22-11(18(28)29)4-5-13(19)24/h9-12,14,30H,4-8,20H2,1-3H3,(H2,19,24)(H,21,27)(H,22,26)(H,23,25)(H,28,29). The van der Waals surface area contributed by atoms with Crippen molar-refractivity contribution in [2.45, 2.75) is 57.3 Å². The third-order valence-corrected chi connectivity index (χ3v) is 5.38. The first-order valence-electron chi connectivity index (χ1n) is 9.72. The maximum absolute atomic E-state index is 12.7. The molecule has 4 unspecified atom stereocenters. The van der Waals surface area contributed by atoms with E-state index in [1.807, 2.05) is 6.26 Å². The summed E-state index contributed by atoms with van der Waals surface area (Å²) in [6.45, 7) is 3.55. The second-order valence-electron chi connectivity index (χ2n) is 7.26. The first-order chi connectivity index (χ1) is 14.4. The van der Waals surface area contributed by atoms with Gasteiger partial charge in [-0.2, -0.15) is 24.4 Å². The second-order valence-corrected chi connectivity index (χ2v) is 8.61. The van der Waals surface area contributed by atoms with Crippen LogP contribution in [0.3, 0.4) is 0 Å². The van der Waals surface area contributed by atoms with Crippen LogP contribution < -0.4 is 27.4 Å². The molecule has 0 aromatic carbocycles. The lowest BCUT2D eigenvalue weighted by Crippen LogP contribution is -2.58. The van der Waals surface area contributed by atoms with Crippen molar-refractivity contribution < 1.29 is 29.1 Å². The Morgan fingerprint density at radius 3 is 1.90 bits per heavy atom. The lowest BCUT2D eigenvalue weighted by molar-refractivity contribution is -0.142. The van der Waals surface area contributed by atoms with Gasteiger partial charge in [-0.1, -0.05) is 13.8 Å². The average Bonchev–Trinajstić information content (AvgIpc) is 2.70. The quantitative estimate of drug-likeness (QED) is 0.137. The van der Waals surface area contributed by atoms with E-state index in [0.29, 0.717) is 12.2 Å². The van der Waals surface area contributed by atoms with E-state index in [0.717, 1.165) is 0 Å². The number of thiol groups is 1. The van der Waals surface area contributed by atoms with E-state index in [4.69, 9.17) is 11.5 Å². The van der Waals surface area contributed by atoms with E-state index in [1.165, 1.54) is 11.8 Å². The molecule has 0 bridgehead atoms. The Morgan fingerprint density at radius 1 is 0.935 bits per heavy atom. The van der Waals surface area contributed by atoms with Gasteiger partial charge < -0.3 is 32.5 Å². The molecule has 178 valence electrons. The first kappa shape index (κ1) is 29.0. The van der Waals surface area contributed by atoms with Crippen LogP contribution in [-0.2, 0) is 24.0 Å². The summed E-state index contributed by atoms with van der Waals surface area (Å²) in [6, 6.07) is -4.23. The number of carboxylic acids is 1. The van der Waals surface area contributed by atoms with E-state index in [-0.39, 0.29) is 24.5 Å². The highest BCUT2D eigenvalue weighted by atomic mass is 32.2. The van der Waals surface area contributed by atoms with Gasteiger partial charge in [-0.15, -0.1) is 0 Å². The number of nitrogens with one attached hydrogen (secondary N) is 3. The summed E-state index contributed by atoms with van der Waals surface area (Å²) in [5.74, 6) is -3.60. The minimum Gasteiger partial charge on any atom is -0.480 e. The zero-order chi connectivity index (χ0) is 24.1. The van der Waals surface area contributed by atoms with Crippen LogP contribution in [0.2, 0.25) is 0 Å². The van der Waals surface area contributed by atoms with Crippen molar-refractivity contribution in [3.8, 4) is 0 Å². The van der Waals surface area contributed by atoms with E-state index in [1.54, 1.807) is 13.8 Å². The highest BCUT2D eigenvalue weighted by Gasteiger charge is 2.30. The molecule has 11 nitrogen and oxygen atoms in total. The molecular weight excluding hydrogens is 446 g/mol. The van der Waals surface area contributed by atoms with Crippen molar-refractivity contribution in [2.24, 2.45) is 17.4 Å². The number of aliphatic carboxylic acids is 1. The average molecular weight is 480 g/mol. The van der Waals surface area contributed by atoms with Crippen LogP contribution in [0.1, 0.15) is 33.1 Å². The van der Waals surface area contributed by atoms with Crippen LogP contribution in [0.25, 0.3) is 0 Å². The minimum atomic E-state index is -1.35. The molecule has 0 aliphatic rings. The summed E-state index contributed by atoms with van der Waals surface area (Å²) >= 11 is 5.53. The van der Waals surface area contributed by atoms with Gasteiger partial charge in [-0.05, 0) is 30.8 Å². The van der Waals surface area contributed by atoms with Crippen LogP contribution in [0.15, 0.2) is 0 Å². The van der Waals surface area contributed by atoms with Gasteiger partial charge in [-0.3, -0.25) is 19.2 Å². The molecule has 0 radical (unpaired) electrons. The van der Waals surface area contributed by atoms with Crippen molar-refractivity contribution in [3.63, 3.8) is 0 Å². The molecule has 4 atom stereocenters. The number of rotatable bonds is 15. The number of carbonyl (C=O) groups is 5. The van der Waals surface area contributed by atoms with Crippen LogP contribution in [0.5, 0.6) is 0 Å². The van der Waals surface area contributed by atoms with Crippen molar-refractivity contribution >= 4 is 54.0 Å². The maximum Gasteiger partial charge on any atom is 0.326 e. The molecule has 0 spiro atoms. The number of amides is 4. The summed E-state index contributed by atoms with van der Waals surface area (Å²) in [7, 11) is 0. The summed E-state index contributed by atoms with van der Waals surface area (Å²) < 4.78 is 0. The van der Waals surface area contributed by atoms with Gasteiger partial charge in [0.25, 0.3) is 0 Å². The fourth-order valence-corrected chi connectivity index (χ4v) is 3.09. The fraction of sp³-hybridized carbons (Fsp3) is 0.722. The normalized spacial score (nSPS) is 14.8. The summed E-state index contributed by atoms with van der Waals surface area (Å²) in [6.07, 6.45) is 1.73. The van der Waals surface area contributed by atoms with Crippen LogP contribution in [0.4, 0.5) is 0 Å². The number of thioether (sulfide) groups is 1. The van der Waals surface area contributed by atoms with Crippen molar-refractivity contribution in [3.05, 3.63) is 0 Å². The van der Waals surface area contributed by atoms with Crippen molar-refractivity contribution in [1.82, 2.24) is 16.0 Å². The zero-order valence-electron chi connectivity index (χ0n) is 17.9. The zero-order valence-corrected chi connectivity index (χ0v) is 19.6. The van der Waals surface area contributed by atoms with Gasteiger partial charge in [0.2, 0.25) is 23.6 Å². The van der Waals surface area contributed by atoms with E-state index >= 15 is 0 Å². The Balaban J connectivity index is 5.19. The lowest BCUT2D eigenvalue weighted by atomic mass is 10.0. The molecule has 0 aliphatic heterocycles. The summed E-state index contributed by atoms with van der Waals surface area (Å²) in [5, 5.41) is 16.6. The number of carboxylic acid groups (broad SMARTS) is 1. The molecule has 13 heteroatoms. The Hall–Kier alpha value is -1.99. The van der Waals surface area contributed by atoms with Crippen LogP contribution in [-0.4, -0.2) is 76.6 Å². The van der Waals surface area contributed by atoms with E-state index in [2.05, 4.69) is 28.6 Å². The molecule has 0 rings (SSSR count). The molecule has 8 N–H and O–H groups in total. The van der Waals surface area contributed by atoms with Crippen LogP contribution in [0, 0.1) is 5.92 Å². The molecule has 0 aromatic rings. The smallest absolute Gasteiger partial charge is 0.326 e. The number of primary amides is 1. The Labute approximate surface area is 191 Å². The molecule has 0 aliphatic carbocycles. The predicted octanol–water partition coefficient (Wildman–Crippen LogP) is -1.54. The van der Waals surface area contributed by atoms with E-state index in [9.17, 15) is 29.1 Å². The predicted molar refractivity (Wildman–Crippen MR) is 122 cm³/mol. The maximum atomic E-state index is 12.7. The Bertz CT molecular complexity index is 649. The summed E-state index contributed by atoms with van der Waals surface area (Å²) in [4.78, 5) is 59.7. The van der Waals surface area contributed by atoms with E-state index < -0.39 is 53.8 Å². The van der Waals surface area contributed by atoms with Gasteiger partial charge >= 0.3 is 5.97 Å². The number of nitrogens with two attached hydrogens (primary N) is 2. The number of hydrogen-bond acceptors (Lipinski definition) is 8. The largest absolute Gasteiger partial charge is 0.480 e. The fourth-order valence-electron chi connectivity index (χ4n) is 2.36. The third-order valence-electron chi connectivity index (χ3n) is 4.37. The van der Waals surface area contributed by atoms with Gasteiger partial charge in [0.15, 0.2) is 0 Å². The Kier molecular flexibility index (Phi) is 14.0.